The van der Waals surface area contributed by atoms with E-state index in [1.54, 1.807) is 49.6 Å². The summed E-state index contributed by atoms with van der Waals surface area (Å²) in [6, 6.07) is 32.7. The van der Waals surface area contributed by atoms with Crippen molar-refractivity contribution in [2.24, 2.45) is 5.10 Å². The van der Waals surface area contributed by atoms with Gasteiger partial charge in [0.05, 0.1) is 25.8 Å². The highest BCUT2D eigenvalue weighted by Gasteiger charge is 2.22. The number of carbonyl (C=O) groups excluding carboxylic acids is 3. The summed E-state index contributed by atoms with van der Waals surface area (Å²) in [5.41, 5.74) is 5.48. The number of rotatable bonds is 11. The van der Waals surface area contributed by atoms with Gasteiger partial charge in [-0.05, 0) is 52.6 Å². The van der Waals surface area contributed by atoms with Crippen molar-refractivity contribution < 1.29 is 23.9 Å². The second-order valence-corrected chi connectivity index (χ2v) is 8.87. The van der Waals surface area contributed by atoms with Crippen LogP contribution in [-0.4, -0.2) is 37.7 Å². The summed E-state index contributed by atoms with van der Waals surface area (Å²) >= 11 is 0. The van der Waals surface area contributed by atoms with Crippen molar-refractivity contribution >= 4 is 30.1 Å². The molecule has 0 fully saturated rings. The number of benzene rings is 4. The highest BCUT2D eigenvalue weighted by atomic mass is 16.5. The summed E-state index contributed by atoms with van der Waals surface area (Å²) < 4.78 is 10.5. The number of hydrogen-bond donors (Lipinski definition) is 2. The molecule has 4 aromatic rings. The van der Waals surface area contributed by atoms with Crippen LogP contribution in [0.15, 0.2) is 120 Å². The number of ether oxygens (including phenoxy) is 2. The maximum Gasteiger partial charge on any atom is 0.336 e. The van der Waals surface area contributed by atoms with Crippen molar-refractivity contribution in [1.29, 1.82) is 0 Å². The first-order chi connectivity index (χ1) is 20.0. The second kappa shape index (κ2) is 14.6. The molecule has 0 aliphatic rings. The first-order valence-electron chi connectivity index (χ1n) is 12.9. The van der Waals surface area contributed by atoms with Crippen LogP contribution in [0.5, 0.6) is 11.5 Å². The first-order valence-corrected chi connectivity index (χ1v) is 12.9. The molecule has 2 amide bonds. The van der Waals surface area contributed by atoms with E-state index in [9.17, 15) is 14.4 Å². The van der Waals surface area contributed by atoms with E-state index >= 15 is 0 Å². The molecule has 0 unspecified atom stereocenters. The zero-order chi connectivity index (χ0) is 28.9. The van der Waals surface area contributed by atoms with Gasteiger partial charge in [-0.1, -0.05) is 84.9 Å². The quantitative estimate of drug-likeness (QED) is 0.0930. The summed E-state index contributed by atoms with van der Waals surface area (Å²) in [5.74, 6) is -0.819. The fourth-order valence-electron chi connectivity index (χ4n) is 3.96. The SMILES string of the molecule is COc1ccc(/C=C/C(=O)Oc2cccc(/C=N\NC(=O)CNC(=O)C(c3ccccc3)c3ccccc3)c2)cc1. The number of nitrogens with zero attached hydrogens (tertiary/aromatic N) is 1. The summed E-state index contributed by atoms with van der Waals surface area (Å²) in [5, 5.41) is 6.64. The Morgan fingerprint density at radius 1 is 0.780 bits per heavy atom. The third kappa shape index (κ3) is 8.76. The van der Waals surface area contributed by atoms with Crippen molar-refractivity contribution in [2.75, 3.05) is 13.7 Å². The molecule has 0 aliphatic heterocycles. The Bertz CT molecular complexity index is 1480. The molecule has 2 N–H and O–H groups in total. The van der Waals surface area contributed by atoms with Crippen LogP contribution in [-0.2, 0) is 14.4 Å². The van der Waals surface area contributed by atoms with Gasteiger partial charge in [-0.15, -0.1) is 0 Å². The standard InChI is InChI=1S/C33H29N3O5/c1-40-28-18-15-24(16-19-28)17-20-31(38)41-29-14-8-9-25(21-29)22-35-36-30(37)23-34-33(39)32(26-10-4-2-5-11-26)27-12-6-3-7-13-27/h2-22,32H,23H2,1H3,(H,34,39)(H,36,37)/b20-17+,35-22-. The van der Waals surface area contributed by atoms with Crippen LogP contribution in [0.2, 0.25) is 0 Å². The van der Waals surface area contributed by atoms with Crippen molar-refractivity contribution in [2.45, 2.75) is 5.92 Å². The molecule has 8 heteroatoms. The minimum atomic E-state index is -0.551. The van der Waals surface area contributed by atoms with Crippen LogP contribution in [0.1, 0.15) is 28.2 Å². The monoisotopic (exact) mass is 547 g/mol. The molecule has 0 saturated carbocycles. The van der Waals surface area contributed by atoms with Crippen LogP contribution < -0.4 is 20.2 Å². The van der Waals surface area contributed by atoms with E-state index in [1.807, 2.05) is 72.8 Å². The van der Waals surface area contributed by atoms with Gasteiger partial charge < -0.3 is 14.8 Å². The number of amides is 2. The van der Waals surface area contributed by atoms with Gasteiger partial charge in [0.25, 0.3) is 5.91 Å². The van der Waals surface area contributed by atoms with Crippen molar-refractivity contribution in [3.8, 4) is 11.5 Å². The lowest BCUT2D eigenvalue weighted by atomic mass is 9.90. The summed E-state index contributed by atoms with van der Waals surface area (Å²) in [7, 11) is 1.59. The van der Waals surface area contributed by atoms with Gasteiger partial charge in [0, 0.05) is 6.08 Å². The van der Waals surface area contributed by atoms with E-state index in [0.717, 1.165) is 22.4 Å². The maximum absolute atomic E-state index is 13.0. The van der Waals surface area contributed by atoms with Gasteiger partial charge >= 0.3 is 5.97 Å². The highest BCUT2D eigenvalue weighted by Crippen LogP contribution is 2.24. The van der Waals surface area contributed by atoms with E-state index in [4.69, 9.17) is 9.47 Å². The highest BCUT2D eigenvalue weighted by molar-refractivity contribution is 5.91. The fourth-order valence-corrected chi connectivity index (χ4v) is 3.96. The molecule has 0 aliphatic carbocycles. The van der Waals surface area contributed by atoms with Crippen LogP contribution >= 0.6 is 0 Å². The Balaban J connectivity index is 1.28. The Labute approximate surface area is 238 Å². The van der Waals surface area contributed by atoms with Crippen molar-refractivity contribution in [1.82, 2.24) is 10.7 Å². The van der Waals surface area contributed by atoms with Gasteiger partial charge in [-0.3, -0.25) is 9.59 Å². The van der Waals surface area contributed by atoms with Gasteiger partial charge in [0.15, 0.2) is 0 Å². The maximum atomic E-state index is 13.0. The molecule has 0 bridgehead atoms. The Morgan fingerprint density at radius 3 is 2.07 bits per heavy atom. The number of carbonyl (C=O) groups is 3. The molecule has 0 saturated heterocycles. The van der Waals surface area contributed by atoms with Gasteiger partial charge in [0.1, 0.15) is 11.5 Å². The number of hydrogen-bond acceptors (Lipinski definition) is 6. The van der Waals surface area contributed by atoms with Crippen molar-refractivity contribution in [3.63, 3.8) is 0 Å². The van der Waals surface area contributed by atoms with E-state index in [1.165, 1.54) is 12.3 Å². The molecule has 206 valence electrons. The fraction of sp³-hybridized carbons (Fsp3) is 0.0909. The number of methoxy groups -OCH3 is 1. The van der Waals surface area contributed by atoms with Crippen LogP contribution in [0.4, 0.5) is 0 Å². The molecule has 0 atom stereocenters. The average molecular weight is 548 g/mol. The van der Waals surface area contributed by atoms with E-state index in [-0.39, 0.29) is 12.5 Å². The smallest absolute Gasteiger partial charge is 0.336 e. The number of hydrazone groups is 1. The average Bonchev–Trinajstić information content (AvgIpc) is 3.01. The third-order valence-corrected chi connectivity index (χ3v) is 5.96. The lowest BCUT2D eigenvalue weighted by Crippen LogP contribution is -2.37. The summed E-state index contributed by atoms with van der Waals surface area (Å²) in [6.45, 7) is -0.246. The van der Waals surface area contributed by atoms with E-state index in [0.29, 0.717) is 11.3 Å². The molecular weight excluding hydrogens is 518 g/mol. The molecule has 41 heavy (non-hydrogen) atoms. The van der Waals surface area contributed by atoms with Gasteiger partial charge in [0.2, 0.25) is 5.91 Å². The molecule has 4 rings (SSSR count). The van der Waals surface area contributed by atoms with Gasteiger partial charge in [-0.2, -0.15) is 5.10 Å². The van der Waals surface area contributed by atoms with E-state index in [2.05, 4.69) is 15.8 Å². The second-order valence-electron chi connectivity index (χ2n) is 8.87. The van der Waals surface area contributed by atoms with Crippen molar-refractivity contribution in [3.05, 3.63) is 138 Å². The van der Waals surface area contributed by atoms with Gasteiger partial charge in [-0.25, -0.2) is 10.2 Å². The topological polar surface area (TPSA) is 106 Å². The minimum absolute atomic E-state index is 0.246. The molecule has 8 nitrogen and oxygen atoms in total. The molecule has 0 aromatic heterocycles. The normalized spacial score (nSPS) is 11.0. The predicted octanol–water partition coefficient (Wildman–Crippen LogP) is 4.71. The Morgan fingerprint density at radius 2 is 1.44 bits per heavy atom. The zero-order valence-corrected chi connectivity index (χ0v) is 22.4. The lowest BCUT2D eigenvalue weighted by molar-refractivity contribution is -0.129. The van der Waals surface area contributed by atoms with E-state index < -0.39 is 17.8 Å². The molecule has 0 radical (unpaired) electrons. The largest absolute Gasteiger partial charge is 0.497 e. The van der Waals surface area contributed by atoms with Crippen LogP contribution in [0, 0.1) is 0 Å². The predicted molar refractivity (Wildman–Crippen MR) is 158 cm³/mol. The molecule has 0 heterocycles. The molecule has 4 aromatic carbocycles. The third-order valence-electron chi connectivity index (χ3n) is 5.96. The molecular formula is C33H29N3O5. The molecule has 0 spiro atoms. The Hall–Kier alpha value is -5.50. The zero-order valence-electron chi connectivity index (χ0n) is 22.4. The first kappa shape index (κ1) is 28.5. The summed E-state index contributed by atoms with van der Waals surface area (Å²) in [6.07, 6.45) is 4.39. The summed E-state index contributed by atoms with van der Waals surface area (Å²) in [4.78, 5) is 37.6. The number of esters is 1. The Kier molecular flexibility index (Phi) is 10.1. The number of nitrogens with one attached hydrogen (secondary N) is 2. The van der Waals surface area contributed by atoms with Crippen LogP contribution in [0.3, 0.4) is 0 Å². The minimum Gasteiger partial charge on any atom is -0.497 e. The lowest BCUT2D eigenvalue weighted by Gasteiger charge is -2.17. The van der Waals surface area contributed by atoms with Crippen LogP contribution in [0.25, 0.3) is 6.08 Å².